The Morgan fingerprint density at radius 3 is 2.23 bits per heavy atom. The van der Waals surface area contributed by atoms with Crippen molar-refractivity contribution in [3.05, 3.63) is 65.5 Å². The summed E-state index contributed by atoms with van der Waals surface area (Å²) in [7, 11) is -3.61. The molecular formula is C21H27FN2O4S2. The van der Waals surface area contributed by atoms with E-state index in [4.69, 9.17) is 0 Å². The van der Waals surface area contributed by atoms with Gasteiger partial charge in [-0.2, -0.15) is 0 Å². The van der Waals surface area contributed by atoms with Gasteiger partial charge in [-0.1, -0.05) is 29.8 Å². The van der Waals surface area contributed by atoms with Crippen molar-refractivity contribution in [2.24, 2.45) is 0 Å². The highest BCUT2D eigenvalue weighted by Gasteiger charge is 2.45. The van der Waals surface area contributed by atoms with Crippen molar-refractivity contribution in [3.63, 3.8) is 0 Å². The maximum atomic E-state index is 13.2. The van der Waals surface area contributed by atoms with Crippen LogP contribution in [0.5, 0.6) is 0 Å². The fourth-order valence-electron chi connectivity index (χ4n) is 3.76. The Labute approximate surface area is 177 Å². The molecule has 0 spiro atoms. The van der Waals surface area contributed by atoms with Gasteiger partial charge in [0.15, 0.2) is 19.7 Å². The minimum atomic E-state index is -3.94. The predicted octanol–water partition coefficient (Wildman–Crippen LogP) is 1.97. The molecule has 164 valence electrons. The van der Waals surface area contributed by atoms with E-state index >= 15 is 0 Å². The van der Waals surface area contributed by atoms with Crippen LogP contribution in [0.3, 0.4) is 0 Å². The van der Waals surface area contributed by atoms with E-state index < -0.39 is 42.5 Å². The summed E-state index contributed by atoms with van der Waals surface area (Å²) >= 11 is 0. The van der Waals surface area contributed by atoms with E-state index in [2.05, 4.69) is 5.32 Å². The van der Waals surface area contributed by atoms with E-state index in [1.807, 2.05) is 50.2 Å². The molecule has 0 aliphatic carbocycles. The van der Waals surface area contributed by atoms with E-state index in [9.17, 15) is 21.2 Å². The van der Waals surface area contributed by atoms with Crippen LogP contribution >= 0.6 is 0 Å². The smallest absolute Gasteiger partial charge is 0.183 e. The van der Waals surface area contributed by atoms with Crippen LogP contribution in [0.1, 0.15) is 17.2 Å². The van der Waals surface area contributed by atoms with Crippen molar-refractivity contribution < 1.29 is 21.2 Å². The molecule has 30 heavy (non-hydrogen) atoms. The topological polar surface area (TPSA) is 83.5 Å². The van der Waals surface area contributed by atoms with Crippen molar-refractivity contribution in [2.75, 3.05) is 32.1 Å². The third kappa shape index (κ3) is 5.08. The lowest BCUT2D eigenvalue weighted by molar-refractivity contribution is 0.282. The van der Waals surface area contributed by atoms with Gasteiger partial charge >= 0.3 is 0 Å². The second kappa shape index (κ2) is 8.74. The summed E-state index contributed by atoms with van der Waals surface area (Å²) < 4.78 is 64.0. The van der Waals surface area contributed by atoms with Crippen LogP contribution in [0.25, 0.3) is 0 Å². The first-order chi connectivity index (χ1) is 14.0. The molecule has 0 aromatic heterocycles. The Morgan fingerprint density at radius 2 is 1.67 bits per heavy atom. The van der Waals surface area contributed by atoms with Gasteiger partial charge in [-0.05, 0) is 50.8 Å². The van der Waals surface area contributed by atoms with E-state index in [0.29, 0.717) is 6.54 Å². The van der Waals surface area contributed by atoms with Gasteiger partial charge in [0.25, 0.3) is 0 Å². The van der Waals surface area contributed by atoms with Crippen molar-refractivity contribution in [1.29, 1.82) is 0 Å². The van der Waals surface area contributed by atoms with Gasteiger partial charge in [-0.25, -0.2) is 21.2 Å². The van der Waals surface area contributed by atoms with Crippen LogP contribution in [0.4, 0.5) is 4.39 Å². The number of likely N-dealkylation sites (N-methyl/N-ethyl adjacent to an activating group) is 1. The summed E-state index contributed by atoms with van der Waals surface area (Å²) in [6.07, 6.45) is 0. The van der Waals surface area contributed by atoms with Gasteiger partial charge < -0.3 is 10.2 Å². The number of nitrogens with one attached hydrogen (secondary N) is 1. The maximum absolute atomic E-state index is 13.2. The number of hydrogen-bond acceptors (Lipinski definition) is 6. The van der Waals surface area contributed by atoms with Gasteiger partial charge in [0, 0.05) is 18.6 Å². The Kier molecular flexibility index (Phi) is 6.66. The molecule has 9 heteroatoms. The predicted molar refractivity (Wildman–Crippen MR) is 115 cm³/mol. The first-order valence-electron chi connectivity index (χ1n) is 9.66. The summed E-state index contributed by atoms with van der Waals surface area (Å²) in [6, 6.07) is 11.8. The molecule has 1 aliphatic rings. The molecule has 0 bridgehead atoms. The highest BCUT2D eigenvalue weighted by Crippen LogP contribution is 2.27. The molecule has 1 heterocycles. The Balaban J connectivity index is 1.83. The third-order valence-corrected chi connectivity index (χ3v) is 9.67. The lowest BCUT2D eigenvalue weighted by atomic mass is 10.0. The SMILES string of the molecule is Cc1ccc(C(CN[C@H]2CS(=O)(=O)C[C@@H]2S(=O)(=O)c2ccc(F)cc2)N(C)C)cc1. The zero-order valence-electron chi connectivity index (χ0n) is 17.2. The molecule has 0 radical (unpaired) electrons. The zero-order chi connectivity index (χ0) is 22.1. The third-order valence-electron chi connectivity index (χ3n) is 5.50. The molecule has 2 aromatic rings. The Morgan fingerprint density at radius 1 is 1.07 bits per heavy atom. The minimum Gasteiger partial charge on any atom is -0.310 e. The molecule has 1 unspecified atom stereocenters. The van der Waals surface area contributed by atoms with Crippen LogP contribution in [0.2, 0.25) is 0 Å². The fraction of sp³-hybridized carbons (Fsp3) is 0.429. The number of sulfone groups is 2. The molecule has 0 saturated carbocycles. The monoisotopic (exact) mass is 454 g/mol. The van der Waals surface area contributed by atoms with Crippen LogP contribution in [0, 0.1) is 12.7 Å². The molecule has 6 nitrogen and oxygen atoms in total. The van der Waals surface area contributed by atoms with Crippen molar-refractivity contribution in [3.8, 4) is 0 Å². The quantitative estimate of drug-likeness (QED) is 0.644. The molecule has 0 amide bonds. The number of aryl methyl sites for hydroxylation is 1. The van der Waals surface area contributed by atoms with Crippen molar-refractivity contribution >= 4 is 19.7 Å². The molecule has 1 aliphatic heterocycles. The van der Waals surface area contributed by atoms with E-state index in [1.54, 1.807) is 0 Å². The average molecular weight is 455 g/mol. The highest BCUT2D eigenvalue weighted by atomic mass is 32.2. The van der Waals surface area contributed by atoms with Crippen LogP contribution in [-0.4, -0.2) is 65.2 Å². The largest absolute Gasteiger partial charge is 0.310 e. The minimum absolute atomic E-state index is 0.0527. The molecule has 1 N–H and O–H groups in total. The van der Waals surface area contributed by atoms with E-state index in [1.165, 1.54) is 12.1 Å². The first kappa shape index (κ1) is 22.9. The molecule has 3 rings (SSSR count). The summed E-state index contributed by atoms with van der Waals surface area (Å²) in [6.45, 7) is 2.40. The fourth-order valence-corrected chi connectivity index (χ4v) is 8.48. The van der Waals surface area contributed by atoms with Crippen molar-refractivity contribution in [1.82, 2.24) is 10.2 Å². The molecular weight excluding hydrogens is 427 g/mol. The molecule has 3 atom stereocenters. The number of rotatable bonds is 7. The van der Waals surface area contributed by atoms with Crippen LogP contribution < -0.4 is 5.32 Å². The second-order valence-electron chi connectivity index (χ2n) is 8.02. The number of halogens is 1. The van der Waals surface area contributed by atoms with Gasteiger partial charge in [0.05, 0.1) is 21.7 Å². The first-order valence-corrected chi connectivity index (χ1v) is 13.0. The average Bonchev–Trinajstić information content (AvgIpc) is 2.99. The number of nitrogens with zero attached hydrogens (tertiary/aromatic N) is 1. The van der Waals surface area contributed by atoms with Crippen LogP contribution in [0.15, 0.2) is 53.4 Å². The lowest BCUT2D eigenvalue weighted by Crippen LogP contribution is -2.46. The van der Waals surface area contributed by atoms with Gasteiger partial charge in [-0.3, -0.25) is 0 Å². The highest BCUT2D eigenvalue weighted by molar-refractivity contribution is 7.96. The molecule has 2 aromatic carbocycles. The standard InChI is InChI=1S/C21H27FN2O4S2/c1-15-4-6-16(7-5-15)20(24(2)3)12-23-19-13-29(25,26)14-21(19)30(27,28)18-10-8-17(22)9-11-18/h4-11,19-21,23H,12-14H2,1-3H3/t19-,20?,21-/m0/s1. The number of benzene rings is 2. The zero-order valence-corrected chi connectivity index (χ0v) is 18.9. The number of hydrogen-bond donors (Lipinski definition) is 1. The second-order valence-corrected chi connectivity index (χ2v) is 12.3. The van der Waals surface area contributed by atoms with Crippen molar-refractivity contribution in [2.45, 2.75) is 29.2 Å². The summed E-state index contributed by atoms with van der Waals surface area (Å²) in [5.41, 5.74) is 2.19. The normalized spacial score (nSPS) is 22.3. The van der Waals surface area contributed by atoms with E-state index in [-0.39, 0.29) is 16.7 Å². The van der Waals surface area contributed by atoms with Gasteiger partial charge in [0.2, 0.25) is 0 Å². The summed E-state index contributed by atoms with van der Waals surface area (Å²) in [4.78, 5) is 1.94. The molecule has 1 saturated heterocycles. The Bertz CT molecular complexity index is 1080. The Hall–Kier alpha value is -1.81. The summed E-state index contributed by atoms with van der Waals surface area (Å²) in [5.74, 6) is -1.23. The summed E-state index contributed by atoms with van der Waals surface area (Å²) in [5, 5.41) is 2.08. The maximum Gasteiger partial charge on any atom is 0.183 e. The lowest BCUT2D eigenvalue weighted by Gasteiger charge is -2.28. The van der Waals surface area contributed by atoms with E-state index in [0.717, 1.165) is 23.3 Å². The molecule has 1 fully saturated rings. The van der Waals surface area contributed by atoms with Crippen LogP contribution in [-0.2, 0) is 19.7 Å². The van der Waals surface area contributed by atoms with Gasteiger partial charge in [0.1, 0.15) is 5.82 Å². The van der Waals surface area contributed by atoms with Gasteiger partial charge in [-0.15, -0.1) is 0 Å².